The first-order valence-corrected chi connectivity index (χ1v) is 5.96. The van der Waals surface area contributed by atoms with Gasteiger partial charge in [-0.25, -0.2) is 4.79 Å². The van der Waals surface area contributed by atoms with Gasteiger partial charge < -0.3 is 15.3 Å². The first-order valence-electron chi connectivity index (χ1n) is 5.96. The summed E-state index contributed by atoms with van der Waals surface area (Å²) in [7, 11) is 0. The summed E-state index contributed by atoms with van der Waals surface area (Å²) in [4.78, 5) is 23.7. The maximum atomic E-state index is 12.3. The molecule has 2 N–H and O–H groups in total. The van der Waals surface area contributed by atoms with Crippen molar-refractivity contribution in [2.45, 2.75) is 32.5 Å². The van der Waals surface area contributed by atoms with Gasteiger partial charge in [0.25, 0.3) is 0 Å². The molecule has 8 heteroatoms. The number of aliphatic carboxylic acids is 1. The molecule has 3 unspecified atom stereocenters. The van der Waals surface area contributed by atoms with Crippen molar-refractivity contribution in [3.8, 4) is 0 Å². The second-order valence-corrected chi connectivity index (χ2v) is 4.99. The summed E-state index contributed by atoms with van der Waals surface area (Å²) in [5.41, 5.74) is 0. The van der Waals surface area contributed by atoms with Crippen LogP contribution >= 0.6 is 0 Å². The van der Waals surface area contributed by atoms with Crippen molar-refractivity contribution in [2.24, 2.45) is 11.8 Å². The molecule has 1 rings (SSSR count). The SMILES string of the molecule is CC1CC(C(=O)O)CN(C(=O)NC(C)C(F)(F)F)C1. The van der Waals surface area contributed by atoms with Gasteiger partial charge in [0.15, 0.2) is 0 Å². The number of urea groups is 1. The van der Waals surface area contributed by atoms with Crippen LogP contribution in [0.1, 0.15) is 20.3 Å². The topological polar surface area (TPSA) is 69.6 Å². The van der Waals surface area contributed by atoms with Crippen LogP contribution in [-0.4, -0.2) is 47.3 Å². The Labute approximate surface area is 108 Å². The maximum absolute atomic E-state index is 12.3. The number of carbonyl (C=O) groups is 2. The third-order valence-electron chi connectivity index (χ3n) is 3.13. The fourth-order valence-electron chi connectivity index (χ4n) is 2.05. The number of alkyl halides is 3. The first kappa shape index (κ1) is 15.6. The van der Waals surface area contributed by atoms with Crippen LogP contribution in [0.25, 0.3) is 0 Å². The Kier molecular flexibility index (Phi) is 4.65. The van der Waals surface area contributed by atoms with Crippen LogP contribution in [0, 0.1) is 11.8 Å². The number of carboxylic acid groups (broad SMARTS) is 1. The summed E-state index contributed by atoms with van der Waals surface area (Å²) in [5.74, 6) is -1.81. The number of nitrogens with zero attached hydrogens (tertiary/aromatic N) is 1. The highest BCUT2D eigenvalue weighted by atomic mass is 19.4. The Morgan fingerprint density at radius 2 is 1.95 bits per heavy atom. The second kappa shape index (κ2) is 5.66. The van der Waals surface area contributed by atoms with Crippen molar-refractivity contribution < 1.29 is 27.9 Å². The predicted molar refractivity (Wildman–Crippen MR) is 60.5 cm³/mol. The molecule has 1 aliphatic heterocycles. The fourth-order valence-corrected chi connectivity index (χ4v) is 2.05. The molecule has 0 spiro atoms. The van der Waals surface area contributed by atoms with Crippen molar-refractivity contribution in [3.05, 3.63) is 0 Å². The lowest BCUT2D eigenvalue weighted by Gasteiger charge is -2.35. The molecular formula is C11H17F3N2O3. The smallest absolute Gasteiger partial charge is 0.408 e. The van der Waals surface area contributed by atoms with Crippen LogP contribution in [0.3, 0.4) is 0 Å². The average molecular weight is 282 g/mol. The van der Waals surface area contributed by atoms with E-state index in [9.17, 15) is 22.8 Å². The van der Waals surface area contributed by atoms with Crippen LogP contribution < -0.4 is 5.32 Å². The number of rotatable bonds is 2. The highest BCUT2D eigenvalue weighted by molar-refractivity contribution is 5.76. The van der Waals surface area contributed by atoms with E-state index in [1.807, 2.05) is 5.32 Å². The zero-order valence-electron chi connectivity index (χ0n) is 10.7. The predicted octanol–water partition coefficient (Wildman–Crippen LogP) is 1.69. The minimum atomic E-state index is -4.51. The van der Waals surface area contributed by atoms with Gasteiger partial charge in [-0.3, -0.25) is 4.79 Å². The number of carboxylic acids is 1. The molecule has 110 valence electrons. The minimum absolute atomic E-state index is 0.0539. The molecule has 5 nitrogen and oxygen atoms in total. The van der Waals surface area contributed by atoms with Crippen LogP contribution in [0.2, 0.25) is 0 Å². The van der Waals surface area contributed by atoms with Crippen molar-refractivity contribution in [2.75, 3.05) is 13.1 Å². The molecule has 1 fully saturated rings. The van der Waals surface area contributed by atoms with Gasteiger partial charge in [0.05, 0.1) is 5.92 Å². The zero-order valence-corrected chi connectivity index (χ0v) is 10.7. The molecule has 3 atom stereocenters. The van der Waals surface area contributed by atoms with Crippen LogP contribution in [-0.2, 0) is 4.79 Å². The largest absolute Gasteiger partial charge is 0.481 e. The zero-order chi connectivity index (χ0) is 14.8. The molecular weight excluding hydrogens is 265 g/mol. The number of amides is 2. The van der Waals surface area contributed by atoms with Crippen molar-refractivity contribution in [3.63, 3.8) is 0 Å². The molecule has 0 bridgehead atoms. The third kappa shape index (κ3) is 4.29. The highest BCUT2D eigenvalue weighted by Crippen LogP contribution is 2.23. The van der Waals surface area contributed by atoms with Gasteiger partial charge in [-0.1, -0.05) is 6.92 Å². The van der Waals surface area contributed by atoms with E-state index in [4.69, 9.17) is 5.11 Å². The molecule has 0 aromatic rings. The molecule has 1 heterocycles. The Hall–Kier alpha value is -1.47. The Morgan fingerprint density at radius 3 is 2.42 bits per heavy atom. The Bertz CT molecular complexity index is 360. The molecule has 1 saturated heterocycles. The lowest BCUT2D eigenvalue weighted by atomic mass is 9.91. The molecule has 0 saturated carbocycles. The van der Waals surface area contributed by atoms with Crippen LogP contribution in [0.15, 0.2) is 0 Å². The van der Waals surface area contributed by atoms with Crippen molar-refractivity contribution in [1.82, 2.24) is 10.2 Å². The lowest BCUT2D eigenvalue weighted by molar-refractivity contribution is -0.150. The van der Waals surface area contributed by atoms with Gasteiger partial charge in [0.1, 0.15) is 6.04 Å². The number of nitrogens with one attached hydrogen (secondary N) is 1. The van der Waals surface area contributed by atoms with E-state index in [1.165, 1.54) is 0 Å². The molecule has 0 aromatic carbocycles. The summed E-state index contributed by atoms with van der Waals surface area (Å²) in [6.45, 7) is 2.82. The van der Waals surface area contributed by atoms with Crippen LogP contribution in [0.5, 0.6) is 0 Å². The fraction of sp³-hybridized carbons (Fsp3) is 0.818. The van der Waals surface area contributed by atoms with Gasteiger partial charge in [0, 0.05) is 13.1 Å². The Balaban J connectivity index is 2.63. The molecule has 0 radical (unpaired) electrons. The van der Waals surface area contributed by atoms with Crippen LogP contribution in [0.4, 0.5) is 18.0 Å². The van der Waals surface area contributed by atoms with Gasteiger partial charge in [0.2, 0.25) is 0 Å². The molecule has 0 aliphatic carbocycles. The lowest BCUT2D eigenvalue weighted by Crippen LogP contribution is -2.53. The quantitative estimate of drug-likeness (QED) is 0.809. The third-order valence-corrected chi connectivity index (χ3v) is 3.13. The van der Waals surface area contributed by atoms with Gasteiger partial charge in [-0.2, -0.15) is 13.2 Å². The van der Waals surface area contributed by atoms with Gasteiger partial charge >= 0.3 is 18.2 Å². The summed E-state index contributed by atoms with van der Waals surface area (Å²) in [5, 5.41) is 10.8. The number of piperidine rings is 1. The Morgan fingerprint density at radius 1 is 1.37 bits per heavy atom. The molecule has 0 aromatic heterocycles. The number of hydrogen-bond acceptors (Lipinski definition) is 2. The summed E-state index contributed by atoms with van der Waals surface area (Å²) >= 11 is 0. The normalized spacial score (nSPS) is 25.8. The molecule has 2 amide bonds. The van der Waals surface area contributed by atoms with E-state index >= 15 is 0 Å². The van der Waals surface area contributed by atoms with E-state index in [2.05, 4.69) is 0 Å². The number of likely N-dealkylation sites (tertiary alicyclic amines) is 1. The average Bonchev–Trinajstić information content (AvgIpc) is 2.26. The van der Waals surface area contributed by atoms with Crippen molar-refractivity contribution >= 4 is 12.0 Å². The van der Waals surface area contributed by atoms with Crippen molar-refractivity contribution in [1.29, 1.82) is 0 Å². The molecule has 1 aliphatic rings. The maximum Gasteiger partial charge on any atom is 0.408 e. The number of carbonyl (C=O) groups excluding carboxylic acids is 1. The summed E-state index contributed by atoms with van der Waals surface area (Å²) in [6, 6.07) is -2.83. The second-order valence-electron chi connectivity index (χ2n) is 4.99. The molecule has 19 heavy (non-hydrogen) atoms. The van der Waals surface area contributed by atoms with Gasteiger partial charge in [-0.05, 0) is 19.3 Å². The van der Waals surface area contributed by atoms with E-state index in [-0.39, 0.29) is 19.0 Å². The summed E-state index contributed by atoms with van der Waals surface area (Å²) in [6.07, 6.45) is -4.09. The minimum Gasteiger partial charge on any atom is -0.481 e. The standard InChI is InChI=1S/C11H17F3N2O3/c1-6-3-8(9(17)18)5-16(4-6)10(19)15-7(2)11(12,13)14/h6-8H,3-5H2,1-2H3,(H,15,19)(H,17,18). The first-order chi connectivity index (χ1) is 8.61. The summed E-state index contributed by atoms with van der Waals surface area (Å²) < 4.78 is 37.0. The number of hydrogen-bond donors (Lipinski definition) is 2. The number of halogens is 3. The highest BCUT2D eigenvalue weighted by Gasteiger charge is 2.39. The van der Waals surface area contributed by atoms with E-state index in [0.717, 1.165) is 11.8 Å². The van der Waals surface area contributed by atoms with E-state index in [0.29, 0.717) is 6.42 Å². The van der Waals surface area contributed by atoms with Gasteiger partial charge in [-0.15, -0.1) is 0 Å². The van der Waals surface area contributed by atoms with E-state index < -0.39 is 30.1 Å². The monoisotopic (exact) mass is 282 g/mol. The van der Waals surface area contributed by atoms with E-state index in [1.54, 1.807) is 6.92 Å².